The normalized spacial score (nSPS) is 12.0. The zero-order chi connectivity index (χ0) is 20.5. The summed E-state index contributed by atoms with van der Waals surface area (Å²) >= 11 is 9.60. The number of aromatic nitrogens is 2. The van der Waals surface area contributed by atoms with E-state index in [1.54, 1.807) is 36.4 Å². The van der Waals surface area contributed by atoms with Crippen LogP contribution in [0.5, 0.6) is 5.75 Å². The lowest BCUT2D eigenvalue weighted by Gasteiger charge is -2.20. The highest BCUT2D eigenvalue weighted by Crippen LogP contribution is 2.33. The van der Waals surface area contributed by atoms with Crippen molar-refractivity contribution in [2.24, 2.45) is 10.5 Å². The summed E-state index contributed by atoms with van der Waals surface area (Å²) in [7, 11) is 0. The third kappa shape index (κ3) is 4.54. The average molecular weight is 465 g/mol. The summed E-state index contributed by atoms with van der Waals surface area (Å²) < 4.78 is 7.38. The van der Waals surface area contributed by atoms with Gasteiger partial charge in [0.15, 0.2) is 0 Å². The third-order valence-corrected chi connectivity index (χ3v) is 4.59. The molecule has 0 aliphatic heterocycles. The Morgan fingerprint density at radius 2 is 1.96 bits per heavy atom. The number of benzene rings is 2. The highest BCUT2D eigenvalue weighted by molar-refractivity contribution is 9.10. The fourth-order valence-corrected chi connectivity index (χ4v) is 3.44. The number of nitrogens with one attached hydrogen (secondary N) is 1. The Labute approximate surface area is 174 Å². The zero-order valence-corrected chi connectivity index (χ0v) is 18.0. The van der Waals surface area contributed by atoms with E-state index in [4.69, 9.17) is 16.3 Å². The summed E-state index contributed by atoms with van der Waals surface area (Å²) in [5, 5.41) is 4.93. The topological polar surface area (TPSA) is 76.5 Å². The van der Waals surface area contributed by atoms with E-state index in [0.29, 0.717) is 38.3 Å². The molecular weight excluding hydrogens is 446 g/mol. The molecule has 0 spiro atoms. The van der Waals surface area contributed by atoms with Crippen molar-refractivity contribution in [2.75, 3.05) is 6.61 Å². The van der Waals surface area contributed by atoms with Crippen LogP contribution in [-0.4, -0.2) is 22.5 Å². The maximum Gasteiger partial charge on any atom is 0.349 e. The quantitative estimate of drug-likeness (QED) is 0.581. The third-order valence-electron chi connectivity index (χ3n) is 3.78. The Bertz CT molecular complexity index is 1180. The van der Waals surface area contributed by atoms with Crippen molar-refractivity contribution in [3.05, 3.63) is 72.3 Å². The van der Waals surface area contributed by atoms with Gasteiger partial charge in [0.05, 0.1) is 28.2 Å². The molecule has 0 aliphatic rings. The first-order chi connectivity index (χ1) is 13.2. The highest BCUT2D eigenvalue weighted by Gasteiger charge is 2.15. The van der Waals surface area contributed by atoms with Crippen LogP contribution in [0.4, 0.5) is 0 Å². The molecule has 2 aromatic carbocycles. The van der Waals surface area contributed by atoms with Crippen LogP contribution in [0.15, 0.2) is 55.6 Å². The van der Waals surface area contributed by atoms with E-state index in [2.05, 4.69) is 46.8 Å². The van der Waals surface area contributed by atoms with Crippen LogP contribution >= 0.6 is 27.5 Å². The van der Waals surface area contributed by atoms with Gasteiger partial charge in [-0.05, 0) is 45.6 Å². The average Bonchev–Trinajstić information content (AvgIpc) is 2.59. The lowest BCUT2D eigenvalue weighted by atomic mass is 9.98. The van der Waals surface area contributed by atoms with Gasteiger partial charge in [-0.1, -0.05) is 44.5 Å². The van der Waals surface area contributed by atoms with Crippen LogP contribution < -0.4 is 16.0 Å². The molecule has 8 heteroatoms. The van der Waals surface area contributed by atoms with Crippen LogP contribution in [0.1, 0.15) is 26.3 Å². The number of para-hydroxylation sites is 1. The van der Waals surface area contributed by atoms with E-state index in [1.807, 2.05) is 0 Å². The van der Waals surface area contributed by atoms with Gasteiger partial charge in [-0.2, -0.15) is 5.10 Å². The number of H-pyrrole nitrogens is 1. The first-order valence-electron chi connectivity index (χ1n) is 8.56. The number of halogens is 2. The number of nitrogens with zero attached hydrogens (tertiary/aromatic N) is 2. The van der Waals surface area contributed by atoms with Crippen LogP contribution in [0, 0.1) is 5.41 Å². The molecule has 0 atom stereocenters. The molecule has 0 aliphatic carbocycles. The molecule has 3 aromatic rings. The first kappa shape index (κ1) is 20.4. The first-order valence-corrected chi connectivity index (χ1v) is 9.73. The summed E-state index contributed by atoms with van der Waals surface area (Å²) in [6, 6.07) is 10.1. The number of hydrogen-bond acceptors (Lipinski definition) is 4. The number of rotatable bonds is 4. The lowest BCUT2D eigenvalue weighted by Crippen LogP contribution is -2.32. The van der Waals surface area contributed by atoms with E-state index in [0.717, 1.165) is 4.68 Å². The number of fused-ring (bicyclic) bond motifs is 1. The molecular formula is C20H19BrClN3O3. The van der Waals surface area contributed by atoms with Crippen molar-refractivity contribution in [3.63, 3.8) is 0 Å². The monoisotopic (exact) mass is 463 g/mol. The number of ether oxygens (including phenoxy) is 1. The smallest absolute Gasteiger partial charge is 0.349 e. The van der Waals surface area contributed by atoms with Gasteiger partial charge in [0.2, 0.25) is 0 Å². The molecule has 6 nitrogen and oxygen atoms in total. The molecule has 28 heavy (non-hydrogen) atoms. The molecule has 3 rings (SSSR count). The van der Waals surface area contributed by atoms with Gasteiger partial charge in [0.1, 0.15) is 5.75 Å². The van der Waals surface area contributed by atoms with Crippen LogP contribution in [0.2, 0.25) is 5.02 Å². The van der Waals surface area contributed by atoms with E-state index in [9.17, 15) is 9.59 Å². The number of hydrogen-bond donors (Lipinski definition) is 1. The minimum absolute atomic E-state index is 0.0556. The van der Waals surface area contributed by atoms with E-state index in [1.165, 1.54) is 6.21 Å². The summed E-state index contributed by atoms with van der Waals surface area (Å²) in [5.74, 6) is 0.536. The van der Waals surface area contributed by atoms with Crippen LogP contribution in [0.25, 0.3) is 10.9 Å². The van der Waals surface area contributed by atoms with Crippen LogP contribution in [-0.2, 0) is 0 Å². The van der Waals surface area contributed by atoms with Gasteiger partial charge in [0.25, 0.3) is 5.56 Å². The second kappa shape index (κ2) is 7.93. The molecule has 0 fully saturated rings. The van der Waals surface area contributed by atoms with E-state index >= 15 is 0 Å². The Kier molecular flexibility index (Phi) is 5.76. The maximum absolute atomic E-state index is 12.6. The predicted molar refractivity (Wildman–Crippen MR) is 116 cm³/mol. The van der Waals surface area contributed by atoms with Crippen molar-refractivity contribution in [2.45, 2.75) is 20.8 Å². The fraction of sp³-hybridized carbons (Fsp3) is 0.250. The summed E-state index contributed by atoms with van der Waals surface area (Å²) in [6.45, 7) is 6.63. The van der Waals surface area contributed by atoms with Gasteiger partial charge >= 0.3 is 5.69 Å². The molecule has 0 bridgehead atoms. The molecule has 0 saturated carbocycles. The summed E-state index contributed by atoms with van der Waals surface area (Å²) in [6.07, 6.45) is 1.39. The molecule has 0 saturated heterocycles. The summed E-state index contributed by atoms with van der Waals surface area (Å²) in [4.78, 5) is 27.5. The van der Waals surface area contributed by atoms with Crippen molar-refractivity contribution in [1.29, 1.82) is 0 Å². The molecule has 0 amide bonds. The molecule has 1 aromatic heterocycles. The lowest BCUT2D eigenvalue weighted by molar-refractivity contribution is 0.196. The molecule has 1 heterocycles. The van der Waals surface area contributed by atoms with Gasteiger partial charge in [-0.3, -0.25) is 4.79 Å². The Balaban J connectivity index is 2.07. The van der Waals surface area contributed by atoms with Gasteiger partial charge < -0.3 is 9.72 Å². The molecule has 146 valence electrons. The standard InChI is InChI=1S/C20H19BrClN3O3/c1-20(2,3)11-28-17-12(8-13(22)9-15(17)21)10-23-25-18(26)14-6-4-5-7-16(14)24-19(25)27/h4-10H,11H2,1-3H3,(H,24,27). The fourth-order valence-electron chi connectivity index (χ4n) is 2.50. The minimum Gasteiger partial charge on any atom is -0.491 e. The highest BCUT2D eigenvalue weighted by atomic mass is 79.9. The van der Waals surface area contributed by atoms with Crippen molar-refractivity contribution in [1.82, 2.24) is 9.66 Å². The number of aromatic amines is 1. The van der Waals surface area contributed by atoms with Crippen LogP contribution in [0.3, 0.4) is 0 Å². The maximum atomic E-state index is 12.6. The minimum atomic E-state index is -0.627. The van der Waals surface area contributed by atoms with Gasteiger partial charge in [-0.25, -0.2) is 4.79 Å². The Morgan fingerprint density at radius 3 is 2.68 bits per heavy atom. The summed E-state index contributed by atoms with van der Waals surface area (Å²) in [5.41, 5.74) is -0.182. The SMILES string of the molecule is CC(C)(C)COc1c(Br)cc(Cl)cc1C=Nn1c(=O)[nH]c2ccccc2c1=O. The second-order valence-electron chi connectivity index (χ2n) is 7.49. The second-order valence-corrected chi connectivity index (χ2v) is 8.78. The van der Waals surface area contributed by atoms with Crippen molar-refractivity contribution < 1.29 is 4.74 Å². The van der Waals surface area contributed by atoms with Crippen molar-refractivity contribution in [3.8, 4) is 5.75 Å². The molecule has 0 radical (unpaired) electrons. The molecule has 0 unspecified atom stereocenters. The predicted octanol–water partition coefficient (Wildman–Crippen LogP) is 4.41. The van der Waals surface area contributed by atoms with E-state index < -0.39 is 11.2 Å². The molecule has 1 N–H and O–H groups in total. The largest absolute Gasteiger partial charge is 0.491 e. The van der Waals surface area contributed by atoms with E-state index in [-0.39, 0.29) is 5.41 Å². The van der Waals surface area contributed by atoms with Gasteiger partial charge in [-0.15, -0.1) is 4.68 Å². The van der Waals surface area contributed by atoms with Gasteiger partial charge in [0, 0.05) is 10.6 Å². The Hall–Kier alpha value is -2.38. The Morgan fingerprint density at radius 1 is 1.25 bits per heavy atom. The van der Waals surface area contributed by atoms with Crippen molar-refractivity contribution >= 4 is 44.6 Å². The zero-order valence-electron chi connectivity index (χ0n) is 15.6.